The molecule has 2 aromatic carbocycles. The predicted molar refractivity (Wildman–Crippen MR) is 89.3 cm³/mol. The molecule has 25 heavy (non-hydrogen) atoms. The van der Waals surface area contributed by atoms with Crippen LogP contribution in [0.2, 0.25) is 0 Å². The lowest BCUT2D eigenvalue weighted by Gasteiger charge is -2.14. The first kappa shape index (κ1) is 18.1. The van der Waals surface area contributed by atoms with Gasteiger partial charge in [-0.25, -0.2) is 4.79 Å². The number of Topliss-reactive ketones (excluding diaryl/α,β-unsaturated/α-hetero) is 1. The minimum Gasteiger partial charge on any atom is -0.493 e. The number of carboxylic acid groups (broad SMARTS) is 1. The molecule has 0 spiro atoms. The van der Waals surface area contributed by atoms with E-state index in [1.54, 1.807) is 12.1 Å². The minimum absolute atomic E-state index is 0.0137. The van der Waals surface area contributed by atoms with Gasteiger partial charge in [-0.3, -0.25) is 4.79 Å². The molecule has 1 N–H and O–H groups in total. The molecule has 0 unspecified atom stereocenters. The van der Waals surface area contributed by atoms with Gasteiger partial charge in [0.25, 0.3) is 0 Å². The summed E-state index contributed by atoms with van der Waals surface area (Å²) in [6, 6.07) is 9.13. The summed E-state index contributed by atoms with van der Waals surface area (Å²) in [4.78, 5) is 23.6. The van der Waals surface area contributed by atoms with Gasteiger partial charge >= 0.3 is 5.97 Å². The Hall–Kier alpha value is -3.22. The lowest BCUT2D eigenvalue weighted by molar-refractivity contribution is 0.0689. The zero-order valence-electron chi connectivity index (χ0n) is 14.1. The number of para-hydroxylation sites is 1. The van der Waals surface area contributed by atoms with E-state index in [1.165, 1.54) is 45.6 Å². The van der Waals surface area contributed by atoms with Crippen LogP contribution in [0.1, 0.15) is 20.7 Å². The maximum atomic E-state index is 12.4. The van der Waals surface area contributed by atoms with Crippen LogP contribution in [0.4, 0.5) is 0 Å². The van der Waals surface area contributed by atoms with Gasteiger partial charge in [0.15, 0.2) is 23.9 Å². The summed E-state index contributed by atoms with van der Waals surface area (Å²) in [6.45, 7) is -0.330. The molecule has 7 heteroatoms. The van der Waals surface area contributed by atoms with Gasteiger partial charge in [0, 0.05) is 5.56 Å². The van der Waals surface area contributed by atoms with Crippen molar-refractivity contribution in [2.45, 2.75) is 0 Å². The normalized spacial score (nSPS) is 10.0. The van der Waals surface area contributed by atoms with Crippen LogP contribution in [0.25, 0.3) is 0 Å². The van der Waals surface area contributed by atoms with E-state index in [1.807, 2.05) is 0 Å². The molecule has 0 atom stereocenters. The maximum Gasteiger partial charge on any atom is 0.339 e. The fourth-order valence-electron chi connectivity index (χ4n) is 2.24. The number of ether oxygens (including phenoxy) is 4. The van der Waals surface area contributed by atoms with E-state index < -0.39 is 5.97 Å². The molecule has 0 bridgehead atoms. The van der Waals surface area contributed by atoms with Crippen molar-refractivity contribution in [3.63, 3.8) is 0 Å². The van der Waals surface area contributed by atoms with E-state index in [0.717, 1.165) is 0 Å². The second kappa shape index (κ2) is 8.05. The largest absolute Gasteiger partial charge is 0.493 e. The maximum absolute atomic E-state index is 12.4. The van der Waals surface area contributed by atoms with E-state index in [9.17, 15) is 9.59 Å². The fraction of sp³-hybridized carbons (Fsp3) is 0.222. The SMILES string of the molecule is COc1cc(C(=O)COc2ccccc2C(=O)O)cc(OC)c1OC. The number of benzene rings is 2. The van der Waals surface area contributed by atoms with Crippen molar-refractivity contribution in [3.8, 4) is 23.0 Å². The second-order valence-corrected chi connectivity index (χ2v) is 4.93. The van der Waals surface area contributed by atoms with E-state index >= 15 is 0 Å². The Kier molecular flexibility index (Phi) is 5.84. The van der Waals surface area contributed by atoms with Crippen LogP contribution >= 0.6 is 0 Å². The Bertz CT molecular complexity index is 758. The third kappa shape index (κ3) is 4.00. The van der Waals surface area contributed by atoms with Gasteiger partial charge in [0.2, 0.25) is 5.75 Å². The third-order valence-corrected chi connectivity index (χ3v) is 3.46. The summed E-state index contributed by atoms with van der Waals surface area (Å²) in [5, 5.41) is 9.13. The van der Waals surface area contributed by atoms with E-state index in [-0.39, 0.29) is 23.7 Å². The molecular weight excluding hydrogens is 328 g/mol. The van der Waals surface area contributed by atoms with Crippen molar-refractivity contribution in [2.75, 3.05) is 27.9 Å². The summed E-state index contributed by atoms with van der Waals surface area (Å²) in [5.41, 5.74) is 0.280. The highest BCUT2D eigenvalue weighted by molar-refractivity contribution is 5.98. The lowest BCUT2D eigenvalue weighted by Crippen LogP contribution is -2.14. The van der Waals surface area contributed by atoms with Crippen LogP contribution < -0.4 is 18.9 Å². The number of methoxy groups -OCH3 is 3. The van der Waals surface area contributed by atoms with E-state index in [4.69, 9.17) is 24.1 Å². The summed E-state index contributed by atoms with van der Waals surface area (Å²) in [7, 11) is 4.37. The Morgan fingerprint density at radius 3 is 2.04 bits per heavy atom. The van der Waals surface area contributed by atoms with Crippen LogP contribution in [0.3, 0.4) is 0 Å². The van der Waals surface area contributed by atoms with Gasteiger partial charge in [-0.1, -0.05) is 12.1 Å². The smallest absolute Gasteiger partial charge is 0.339 e. The molecular formula is C18H18O7. The lowest BCUT2D eigenvalue weighted by atomic mass is 10.1. The fourth-order valence-corrected chi connectivity index (χ4v) is 2.24. The zero-order chi connectivity index (χ0) is 18.4. The van der Waals surface area contributed by atoms with Crippen LogP contribution in [0.5, 0.6) is 23.0 Å². The number of carbonyl (C=O) groups excluding carboxylic acids is 1. The molecule has 2 rings (SSSR count). The van der Waals surface area contributed by atoms with Crippen molar-refractivity contribution in [1.29, 1.82) is 0 Å². The summed E-state index contributed by atoms with van der Waals surface area (Å²) < 4.78 is 21.0. The number of carboxylic acids is 1. The van der Waals surface area contributed by atoms with Crippen molar-refractivity contribution in [3.05, 3.63) is 47.5 Å². The number of aromatic carboxylic acids is 1. The zero-order valence-corrected chi connectivity index (χ0v) is 14.1. The van der Waals surface area contributed by atoms with E-state index in [2.05, 4.69) is 0 Å². The summed E-state index contributed by atoms with van der Waals surface area (Å²) in [6.07, 6.45) is 0. The Labute approximate surface area is 144 Å². The average Bonchev–Trinajstić information content (AvgIpc) is 2.64. The van der Waals surface area contributed by atoms with Gasteiger partial charge in [-0.15, -0.1) is 0 Å². The summed E-state index contributed by atoms with van der Waals surface area (Å²) in [5.74, 6) is -0.308. The van der Waals surface area contributed by atoms with Gasteiger partial charge in [0.05, 0.1) is 21.3 Å². The molecule has 0 amide bonds. The molecule has 7 nitrogen and oxygen atoms in total. The van der Waals surface area contributed by atoms with Crippen molar-refractivity contribution in [1.82, 2.24) is 0 Å². The molecule has 0 aromatic heterocycles. The molecule has 132 valence electrons. The predicted octanol–water partition coefficient (Wildman–Crippen LogP) is 2.67. The molecule has 0 saturated carbocycles. The Morgan fingerprint density at radius 2 is 1.52 bits per heavy atom. The van der Waals surface area contributed by atoms with Gasteiger partial charge in [-0.2, -0.15) is 0 Å². The van der Waals surface area contributed by atoms with Crippen LogP contribution in [-0.4, -0.2) is 44.8 Å². The molecule has 0 fully saturated rings. The second-order valence-electron chi connectivity index (χ2n) is 4.93. The number of ketones is 1. The van der Waals surface area contributed by atoms with Gasteiger partial charge < -0.3 is 24.1 Å². The van der Waals surface area contributed by atoms with Crippen LogP contribution in [0, 0.1) is 0 Å². The van der Waals surface area contributed by atoms with Crippen LogP contribution in [-0.2, 0) is 0 Å². The van der Waals surface area contributed by atoms with E-state index in [0.29, 0.717) is 22.8 Å². The summed E-state index contributed by atoms with van der Waals surface area (Å²) >= 11 is 0. The van der Waals surface area contributed by atoms with Crippen molar-refractivity contribution in [2.24, 2.45) is 0 Å². The first-order valence-corrected chi connectivity index (χ1v) is 7.30. The number of carbonyl (C=O) groups is 2. The minimum atomic E-state index is -1.13. The Morgan fingerprint density at radius 1 is 0.920 bits per heavy atom. The van der Waals surface area contributed by atoms with Crippen LogP contribution in [0.15, 0.2) is 36.4 Å². The molecule has 0 saturated heterocycles. The first-order chi connectivity index (χ1) is 12.0. The molecule has 0 aliphatic rings. The molecule has 0 heterocycles. The number of rotatable bonds is 8. The van der Waals surface area contributed by atoms with Gasteiger partial charge in [-0.05, 0) is 24.3 Å². The number of hydrogen-bond acceptors (Lipinski definition) is 6. The highest BCUT2D eigenvalue weighted by Crippen LogP contribution is 2.38. The first-order valence-electron chi connectivity index (χ1n) is 7.30. The molecule has 0 aliphatic carbocycles. The topological polar surface area (TPSA) is 91.3 Å². The third-order valence-electron chi connectivity index (χ3n) is 3.46. The highest BCUT2D eigenvalue weighted by Gasteiger charge is 2.18. The molecule has 0 radical (unpaired) electrons. The van der Waals surface area contributed by atoms with Gasteiger partial charge in [0.1, 0.15) is 11.3 Å². The molecule has 0 aliphatic heterocycles. The standard InChI is InChI=1S/C18H18O7/c1-22-15-8-11(9-16(23-2)17(15)24-3)13(19)10-25-14-7-5-4-6-12(14)18(20)21/h4-9H,10H2,1-3H3,(H,20,21). The molecule has 2 aromatic rings. The monoisotopic (exact) mass is 346 g/mol. The highest BCUT2D eigenvalue weighted by atomic mass is 16.5. The van der Waals surface area contributed by atoms with Crippen molar-refractivity contribution >= 4 is 11.8 Å². The average molecular weight is 346 g/mol. The Balaban J connectivity index is 2.23. The quantitative estimate of drug-likeness (QED) is 0.735. The number of hydrogen-bond donors (Lipinski definition) is 1. The van der Waals surface area contributed by atoms with Crippen molar-refractivity contribution < 1.29 is 33.6 Å².